The zero-order valence-corrected chi connectivity index (χ0v) is 13.2. The molecule has 0 N–H and O–H groups in total. The first-order valence-corrected chi connectivity index (χ1v) is 8.17. The number of hydrogen-bond acceptors (Lipinski definition) is 5. The van der Waals surface area contributed by atoms with Crippen molar-refractivity contribution in [2.24, 2.45) is 0 Å². The number of nitrogens with zero attached hydrogens (tertiary/aromatic N) is 3. The lowest BCUT2D eigenvalue weighted by molar-refractivity contribution is 0.305. The Morgan fingerprint density at radius 2 is 2.18 bits per heavy atom. The highest BCUT2D eigenvalue weighted by atomic mass is 32.1. The number of unbranched alkanes of at least 4 members (excludes halogenated alkanes) is 2. The second-order valence-corrected chi connectivity index (χ2v) is 5.97. The van der Waals surface area contributed by atoms with E-state index in [2.05, 4.69) is 17.0 Å². The van der Waals surface area contributed by atoms with Crippen molar-refractivity contribution in [2.45, 2.75) is 26.2 Å². The summed E-state index contributed by atoms with van der Waals surface area (Å²) in [5.74, 6) is 0.803. The molecule has 1 aromatic carbocycles. The lowest BCUT2D eigenvalue weighted by atomic mass is 10.2. The minimum absolute atomic E-state index is 0.140. The summed E-state index contributed by atoms with van der Waals surface area (Å²) >= 11 is 1.33. The molecule has 114 valence electrons. The normalized spacial score (nSPS) is 12.1. The van der Waals surface area contributed by atoms with Gasteiger partial charge in [0.05, 0.1) is 11.1 Å². The van der Waals surface area contributed by atoms with Crippen molar-refractivity contribution in [2.75, 3.05) is 6.61 Å². The summed E-state index contributed by atoms with van der Waals surface area (Å²) in [6.07, 6.45) is 6.59. The molecule has 5 nitrogen and oxygen atoms in total. The number of aromatic nitrogens is 3. The minimum atomic E-state index is -0.140. The van der Waals surface area contributed by atoms with Gasteiger partial charge < -0.3 is 4.74 Å². The molecule has 0 aliphatic carbocycles. The maximum absolute atomic E-state index is 12.2. The maximum Gasteiger partial charge on any atom is 0.291 e. The van der Waals surface area contributed by atoms with E-state index in [-0.39, 0.29) is 5.56 Å². The fourth-order valence-electron chi connectivity index (χ4n) is 2.18. The Morgan fingerprint density at radius 3 is 3.00 bits per heavy atom. The van der Waals surface area contributed by atoms with Crippen LogP contribution in [0.3, 0.4) is 0 Å². The van der Waals surface area contributed by atoms with Gasteiger partial charge in [-0.05, 0) is 18.6 Å². The molecule has 0 saturated carbocycles. The number of fused-ring (bicyclic) bond motifs is 1. The third kappa shape index (κ3) is 3.01. The molecule has 6 heteroatoms. The van der Waals surface area contributed by atoms with Crippen LogP contribution >= 0.6 is 11.3 Å². The van der Waals surface area contributed by atoms with Gasteiger partial charge in [-0.1, -0.05) is 49.3 Å². The van der Waals surface area contributed by atoms with Crippen LogP contribution in [0.25, 0.3) is 11.0 Å². The van der Waals surface area contributed by atoms with Gasteiger partial charge in [-0.2, -0.15) is 9.61 Å². The van der Waals surface area contributed by atoms with E-state index in [9.17, 15) is 4.79 Å². The van der Waals surface area contributed by atoms with Gasteiger partial charge in [0.25, 0.3) is 5.56 Å². The van der Waals surface area contributed by atoms with E-state index in [1.165, 1.54) is 28.6 Å². The van der Waals surface area contributed by atoms with Crippen LogP contribution in [0.2, 0.25) is 0 Å². The second kappa shape index (κ2) is 6.70. The van der Waals surface area contributed by atoms with E-state index >= 15 is 0 Å². The summed E-state index contributed by atoms with van der Waals surface area (Å²) in [7, 11) is 0. The minimum Gasteiger partial charge on any atom is -0.493 e. The molecule has 0 bridgehead atoms. The summed E-state index contributed by atoms with van der Waals surface area (Å²) < 4.78 is 7.77. The van der Waals surface area contributed by atoms with Crippen molar-refractivity contribution in [3.8, 4) is 5.75 Å². The Labute approximate surface area is 131 Å². The number of benzene rings is 1. The summed E-state index contributed by atoms with van der Waals surface area (Å²) in [5.41, 5.74) is 0.763. The zero-order chi connectivity index (χ0) is 15.4. The first-order chi connectivity index (χ1) is 10.8. The molecule has 0 aliphatic rings. The van der Waals surface area contributed by atoms with Crippen molar-refractivity contribution < 1.29 is 4.74 Å². The molecule has 0 saturated heterocycles. The highest BCUT2D eigenvalue weighted by Crippen LogP contribution is 2.19. The highest BCUT2D eigenvalue weighted by Gasteiger charge is 2.06. The molecule has 0 aliphatic heterocycles. The predicted octanol–water partition coefficient (Wildman–Crippen LogP) is 2.27. The highest BCUT2D eigenvalue weighted by molar-refractivity contribution is 7.15. The van der Waals surface area contributed by atoms with E-state index in [1.54, 1.807) is 0 Å². The van der Waals surface area contributed by atoms with Gasteiger partial charge in [0.2, 0.25) is 4.96 Å². The largest absolute Gasteiger partial charge is 0.493 e. The first kappa shape index (κ1) is 14.7. The van der Waals surface area contributed by atoms with Crippen LogP contribution in [0.1, 0.15) is 31.7 Å². The van der Waals surface area contributed by atoms with E-state index < -0.39 is 0 Å². The van der Waals surface area contributed by atoms with Crippen molar-refractivity contribution in [3.05, 3.63) is 51.0 Å². The molecular formula is C16H17N3O2S. The van der Waals surface area contributed by atoms with Crippen LogP contribution in [0.4, 0.5) is 0 Å². The molecule has 22 heavy (non-hydrogen) atoms. The first-order valence-electron chi connectivity index (χ1n) is 7.35. The molecule has 2 aromatic heterocycles. The summed E-state index contributed by atoms with van der Waals surface area (Å²) in [5, 5.41) is 3.93. The van der Waals surface area contributed by atoms with Gasteiger partial charge in [-0.25, -0.2) is 4.98 Å². The van der Waals surface area contributed by atoms with Crippen molar-refractivity contribution in [1.29, 1.82) is 0 Å². The molecule has 3 aromatic rings. The zero-order valence-electron chi connectivity index (χ0n) is 12.4. The Kier molecular flexibility index (Phi) is 4.48. The van der Waals surface area contributed by atoms with E-state index in [0.29, 0.717) is 16.1 Å². The SMILES string of the molecule is CCCCCOc1ccccc1/C=c1\sc2ncnn2c1=O. The number of hydrogen-bond donors (Lipinski definition) is 0. The molecular weight excluding hydrogens is 298 g/mol. The van der Waals surface area contributed by atoms with Gasteiger partial charge in [0.1, 0.15) is 12.1 Å². The lowest BCUT2D eigenvalue weighted by Crippen LogP contribution is -2.23. The number of thiazole rings is 1. The molecule has 0 unspecified atom stereocenters. The standard InChI is InChI=1S/C16H17N3O2S/c1-2-3-6-9-21-13-8-5-4-7-12(13)10-14-15(20)19-16(22-14)17-11-18-19/h4-5,7-8,10-11H,2-3,6,9H2,1H3/b14-10-. The van der Waals surface area contributed by atoms with Gasteiger partial charge in [-0.15, -0.1) is 0 Å². The molecule has 0 amide bonds. The monoisotopic (exact) mass is 315 g/mol. The maximum atomic E-state index is 12.2. The molecule has 0 radical (unpaired) electrons. The number of ether oxygens (including phenoxy) is 1. The molecule has 2 heterocycles. The van der Waals surface area contributed by atoms with Gasteiger partial charge >= 0.3 is 0 Å². The molecule has 0 fully saturated rings. The third-order valence-electron chi connectivity index (χ3n) is 3.33. The Morgan fingerprint density at radius 1 is 1.32 bits per heavy atom. The van der Waals surface area contributed by atoms with Crippen molar-refractivity contribution >= 4 is 22.4 Å². The van der Waals surface area contributed by atoms with E-state index in [1.807, 2.05) is 30.3 Å². The van der Waals surface area contributed by atoms with Crippen molar-refractivity contribution in [1.82, 2.24) is 14.6 Å². The second-order valence-electron chi connectivity index (χ2n) is 4.96. The average molecular weight is 315 g/mol. The van der Waals surface area contributed by atoms with Crippen LogP contribution in [0, 0.1) is 0 Å². The van der Waals surface area contributed by atoms with Crippen LogP contribution in [0.5, 0.6) is 5.75 Å². The quantitative estimate of drug-likeness (QED) is 0.655. The van der Waals surface area contributed by atoms with Crippen molar-refractivity contribution in [3.63, 3.8) is 0 Å². The van der Waals surface area contributed by atoms with Crippen LogP contribution < -0.4 is 14.8 Å². The Bertz CT molecular complexity index is 869. The van der Waals surface area contributed by atoms with E-state index in [0.717, 1.165) is 24.2 Å². The predicted molar refractivity (Wildman–Crippen MR) is 87.4 cm³/mol. The fraction of sp³-hybridized carbons (Fsp3) is 0.312. The topological polar surface area (TPSA) is 56.5 Å². The molecule has 0 atom stereocenters. The summed E-state index contributed by atoms with van der Waals surface area (Å²) in [6, 6.07) is 7.75. The third-order valence-corrected chi connectivity index (χ3v) is 4.31. The van der Waals surface area contributed by atoms with Crippen LogP contribution in [0.15, 0.2) is 35.4 Å². The number of rotatable bonds is 6. The molecule has 3 rings (SSSR count). The molecule has 0 spiro atoms. The van der Waals surface area contributed by atoms with Crippen LogP contribution in [-0.4, -0.2) is 21.2 Å². The van der Waals surface area contributed by atoms with E-state index in [4.69, 9.17) is 4.74 Å². The summed E-state index contributed by atoms with van der Waals surface area (Å²) in [4.78, 5) is 16.9. The average Bonchev–Trinajstić information content (AvgIpc) is 3.09. The summed E-state index contributed by atoms with van der Waals surface area (Å²) in [6.45, 7) is 2.86. The Hall–Kier alpha value is -2.21. The lowest BCUT2D eigenvalue weighted by Gasteiger charge is -2.08. The van der Waals surface area contributed by atoms with Gasteiger partial charge in [0, 0.05) is 5.56 Å². The van der Waals surface area contributed by atoms with Crippen LogP contribution in [-0.2, 0) is 0 Å². The Balaban J connectivity index is 1.91. The fourth-order valence-corrected chi connectivity index (χ4v) is 3.06. The smallest absolute Gasteiger partial charge is 0.291 e. The van der Waals surface area contributed by atoms with Gasteiger partial charge in [0.15, 0.2) is 0 Å². The number of para-hydroxylation sites is 1. The van der Waals surface area contributed by atoms with Gasteiger partial charge in [-0.3, -0.25) is 4.79 Å².